The summed E-state index contributed by atoms with van der Waals surface area (Å²) < 4.78 is 11.5. The van der Waals surface area contributed by atoms with Crippen molar-refractivity contribution in [3.05, 3.63) is 29.8 Å². The number of ether oxygens (including phenoxy) is 2. The Hall–Kier alpha value is -1.75. The molecule has 0 radical (unpaired) electrons. The molecule has 5 nitrogen and oxygen atoms in total. The summed E-state index contributed by atoms with van der Waals surface area (Å²) in [5.41, 5.74) is 1.23. The van der Waals surface area contributed by atoms with E-state index < -0.39 is 0 Å². The summed E-state index contributed by atoms with van der Waals surface area (Å²) in [5.74, 6) is 1.71. The lowest BCUT2D eigenvalue weighted by Gasteiger charge is -2.17. The van der Waals surface area contributed by atoms with Gasteiger partial charge in [-0.25, -0.2) is 4.99 Å². The standard InChI is InChI=1S/C18H29N3O2/c1-4-19-18(21-13-17-6-5-11-22-17)20-12-15(3)23-16-9-7-14(2)8-10-16/h7-10,15,17H,4-6,11-13H2,1-3H3,(H2,19,20,21). The minimum Gasteiger partial charge on any atom is -0.489 e. The van der Waals surface area contributed by atoms with Crippen LogP contribution in [-0.4, -0.2) is 44.4 Å². The molecule has 0 saturated carbocycles. The fourth-order valence-electron chi connectivity index (χ4n) is 2.46. The molecular formula is C18H29N3O2. The summed E-state index contributed by atoms with van der Waals surface area (Å²) in [7, 11) is 0. The van der Waals surface area contributed by atoms with Crippen LogP contribution < -0.4 is 15.4 Å². The van der Waals surface area contributed by atoms with Crippen LogP contribution in [0, 0.1) is 6.92 Å². The summed E-state index contributed by atoms with van der Waals surface area (Å²) in [6.45, 7) is 9.29. The molecular weight excluding hydrogens is 290 g/mol. The Labute approximate surface area is 139 Å². The number of hydrogen-bond acceptors (Lipinski definition) is 3. The molecule has 1 aliphatic heterocycles. The average Bonchev–Trinajstić information content (AvgIpc) is 3.06. The van der Waals surface area contributed by atoms with Gasteiger partial charge >= 0.3 is 0 Å². The molecule has 1 aromatic carbocycles. The van der Waals surface area contributed by atoms with Crippen molar-refractivity contribution >= 4 is 5.96 Å². The topological polar surface area (TPSA) is 54.9 Å². The minimum absolute atomic E-state index is 0.0240. The number of nitrogens with one attached hydrogen (secondary N) is 2. The molecule has 2 rings (SSSR count). The molecule has 0 bridgehead atoms. The highest BCUT2D eigenvalue weighted by atomic mass is 16.5. The van der Waals surface area contributed by atoms with Crippen molar-refractivity contribution in [2.24, 2.45) is 4.99 Å². The molecule has 1 aliphatic rings. The van der Waals surface area contributed by atoms with E-state index in [1.807, 2.05) is 19.1 Å². The van der Waals surface area contributed by atoms with Gasteiger partial charge in [0.1, 0.15) is 11.9 Å². The Balaban J connectivity index is 1.79. The number of hydrogen-bond donors (Lipinski definition) is 2. The van der Waals surface area contributed by atoms with Gasteiger partial charge in [-0.3, -0.25) is 0 Å². The molecule has 1 fully saturated rings. The number of aliphatic imine (C=N–C) groups is 1. The highest BCUT2D eigenvalue weighted by Crippen LogP contribution is 2.13. The van der Waals surface area contributed by atoms with Crippen LogP contribution in [0.2, 0.25) is 0 Å². The van der Waals surface area contributed by atoms with Gasteiger partial charge in [0.15, 0.2) is 5.96 Å². The zero-order chi connectivity index (χ0) is 16.5. The minimum atomic E-state index is 0.0240. The summed E-state index contributed by atoms with van der Waals surface area (Å²) in [4.78, 5) is 4.60. The van der Waals surface area contributed by atoms with Gasteiger partial charge in [0, 0.05) is 19.7 Å². The van der Waals surface area contributed by atoms with Gasteiger partial charge in [0.2, 0.25) is 0 Å². The monoisotopic (exact) mass is 319 g/mol. The first kappa shape index (κ1) is 17.6. The van der Waals surface area contributed by atoms with Gasteiger partial charge in [-0.15, -0.1) is 0 Å². The molecule has 2 N–H and O–H groups in total. The molecule has 0 aliphatic carbocycles. The average molecular weight is 319 g/mol. The van der Waals surface area contributed by atoms with Crippen LogP contribution in [0.1, 0.15) is 32.3 Å². The van der Waals surface area contributed by atoms with Crippen LogP contribution in [-0.2, 0) is 4.74 Å². The predicted molar refractivity (Wildman–Crippen MR) is 94.2 cm³/mol. The van der Waals surface area contributed by atoms with Gasteiger partial charge in [-0.2, -0.15) is 0 Å². The lowest BCUT2D eigenvalue weighted by Crippen LogP contribution is -2.41. The second kappa shape index (κ2) is 9.40. The van der Waals surface area contributed by atoms with Crippen molar-refractivity contribution in [1.82, 2.24) is 10.6 Å². The van der Waals surface area contributed by atoms with E-state index in [0.717, 1.165) is 44.2 Å². The van der Waals surface area contributed by atoms with Gasteiger partial charge in [0.25, 0.3) is 0 Å². The molecule has 23 heavy (non-hydrogen) atoms. The van der Waals surface area contributed by atoms with Crippen LogP contribution in [0.15, 0.2) is 29.3 Å². The van der Waals surface area contributed by atoms with E-state index in [2.05, 4.69) is 41.6 Å². The van der Waals surface area contributed by atoms with E-state index >= 15 is 0 Å². The molecule has 128 valence electrons. The maximum atomic E-state index is 5.89. The second-order valence-electron chi connectivity index (χ2n) is 5.98. The fraction of sp³-hybridized carbons (Fsp3) is 0.611. The van der Waals surface area contributed by atoms with E-state index in [0.29, 0.717) is 12.6 Å². The smallest absolute Gasteiger partial charge is 0.191 e. The molecule has 1 saturated heterocycles. The van der Waals surface area contributed by atoms with E-state index in [1.54, 1.807) is 0 Å². The van der Waals surface area contributed by atoms with Crippen molar-refractivity contribution in [1.29, 1.82) is 0 Å². The lowest BCUT2D eigenvalue weighted by atomic mass is 10.2. The maximum Gasteiger partial charge on any atom is 0.191 e. The first-order chi connectivity index (χ1) is 11.2. The Morgan fingerprint density at radius 1 is 1.35 bits per heavy atom. The highest BCUT2D eigenvalue weighted by molar-refractivity contribution is 5.79. The highest BCUT2D eigenvalue weighted by Gasteiger charge is 2.15. The van der Waals surface area contributed by atoms with E-state index in [1.165, 1.54) is 5.56 Å². The van der Waals surface area contributed by atoms with Crippen LogP contribution in [0.25, 0.3) is 0 Å². The third kappa shape index (κ3) is 6.48. The second-order valence-corrected chi connectivity index (χ2v) is 5.98. The number of rotatable bonds is 7. The zero-order valence-electron chi connectivity index (χ0n) is 14.5. The lowest BCUT2D eigenvalue weighted by molar-refractivity contribution is 0.113. The fourth-order valence-corrected chi connectivity index (χ4v) is 2.46. The van der Waals surface area contributed by atoms with Crippen molar-refractivity contribution in [2.45, 2.75) is 45.8 Å². The Kier molecular flexibility index (Phi) is 7.20. The number of guanidine groups is 1. The van der Waals surface area contributed by atoms with Crippen molar-refractivity contribution in [3.63, 3.8) is 0 Å². The Morgan fingerprint density at radius 2 is 2.13 bits per heavy atom. The van der Waals surface area contributed by atoms with E-state index in [4.69, 9.17) is 9.47 Å². The van der Waals surface area contributed by atoms with Crippen molar-refractivity contribution < 1.29 is 9.47 Å². The predicted octanol–water partition coefficient (Wildman–Crippen LogP) is 2.50. The summed E-state index contributed by atoms with van der Waals surface area (Å²) in [6.07, 6.45) is 2.61. The summed E-state index contributed by atoms with van der Waals surface area (Å²) in [5, 5.41) is 6.61. The molecule has 2 atom stereocenters. The first-order valence-corrected chi connectivity index (χ1v) is 8.54. The van der Waals surface area contributed by atoms with Gasteiger partial charge < -0.3 is 20.1 Å². The van der Waals surface area contributed by atoms with Gasteiger partial charge in [-0.05, 0) is 45.7 Å². The number of aryl methyl sites for hydroxylation is 1. The largest absolute Gasteiger partial charge is 0.489 e. The molecule has 1 aromatic rings. The van der Waals surface area contributed by atoms with Crippen LogP contribution >= 0.6 is 0 Å². The summed E-state index contributed by atoms with van der Waals surface area (Å²) in [6, 6.07) is 8.10. The Bertz CT molecular complexity index is 482. The molecule has 5 heteroatoms. The van der Waals surface area contributed by atoms with Crippen molar-refractivity contribution in [3.8, 4) is 5.75 Å². The quantitative estimate of drug-likeness (QED) is 0.599. The summed E-state index contributed by atoms with van der Waals surface area (Å²) >= 11 is 0. The third-order valence-electron chi connectivity index (χ3n) is 3.73. The maximum absolute atomic E-state index is 5.89. The zero-order valence-corrected chi connectivity index (χ0v) is 14.5. The first-order valence-electron chi connectivity index (χ1n) is 8.54. The Morgan fingerprint density at radius 3 is 2.78 bits per heavy atom. The van der Waals surface area contributed by atoms with Crippen LogP contribution in [0.5, 0.6) is 5.75 Å². The van der Waals surface area contributed by atoms with Gasteiger partial charge in [-0.1, -0.05) is 17.7 Å². The number of benzene rings is 1. The SMILES string of the molecule is CCNC(=NCC(C)Oc1ccc(C)cc1)NCC1CCCO1. The van der Waals surface area contributed by atoms with Crippen molar-refractivity contribution in [2.75, 3.05) is 26.2 Å². The normalized spacial score (nSPS) is 19.4. The molecule has 0 amide bonds. The molecule has 2 unspecified atom stereocenters. The van der Waals surface area contributed by atoms with E-state index in [9.17, 15) is 0 Å². The van der Waals surface area contributed by atoms with Crippen LogP contribution in [0.3, 0.4) is 0 Å². The molecule has 1 heterocycles. The van der Waals surface area contributed by atoms with Gasteiger partial charge in [0.05, 0.1) is 12.6 Å². The number of nitrogens with zero attached hydrogens (tertiary/aromatic N) is 1. The molecule has 0 spiro atoms. The van der Waals surface area contributed by atoms with Crippen LogP contribution in [0.4, 0.5) is 0 Å². The third-order valence-corrected chi connectivity index (χ3v) is 3.73. The van der Waals surface area contributed by atoms with E-state index in [-0.39, 0.29) is 6.10 Å². The molecule has 0 aromatic heterocycles.